The van der Waals surface area contributed by atoms with Crippen molar-refractivity contribution in [3.8, 4) is 0 Å². The van der Waals surface area contributed by atoms with Gasteiger partial charge < -0.3 is 15.3 Å². The molecule has 0 fully saturated rings. The van der Waals surface area contributed by atoms with E-state index in [1.54, 1.807) is 12.1 Å². The summed E-state index contributed by atoms with van der Waals surface area (Å²) < 4.78 is 0. The number of hydrogen-bond acceptors (Lipinski definition) is 3. The van der Waals surface area contributed by atoms with Crippen molar-refractivity contribution in [1.82, 2.24) is 10.2 Å². The second-order valence-corrected chi connectivity index (χ2v) is 5.32. The third-order valence-corrected chi connectivity index (χ3v) is 3.30. The molecule has 2 N–H and O–H groups in total. The molecule has 0 heterocycles. The zero-order chi connectivity index (χ0) is 14.4. The molecule has 0 aliphatic rings. The molecule has 1 aromatic carbocycles. The van der Waals surface area contributed by atoms with E-state index in [1.165, 1.54) is 0 Å². The van der Waals surface area contributed by atoms with Gasteiger partial charge in [-0.05, 0) is 45.5 Å². The number of benzene rings is 1. The van der Waals surface area contributed by atoms with Gasteiger partial charge in [0.1, 0.15) is 0 Å². The summed E-state index contributed by atoms with van der Waals surface area (Å²) in [6.45, 7) is 8.26. The minimum atomic E-state index is -0.883. The maximum atomic E-state index is 10.7. The topological polar surface area (TPSA) is 52.6 Å². The molecule has 4 nitrogen and oxygen atoms in total. The number of aromatic carboxylic acids is 1. The Balaban J connectivity index is 2.41. The van der Waals surface area contributed by atoms with Crippen LogP contribution in [0.1, 0.15) is 36.7 Å². The third-order valence-electron chi connectivity index (χ3n) is 3.30. The Morgan fingerprint density at radius 1 is 1.26 bits per heavy atom. The number of carboxylic acids is 1. The highest BCUT2D eigenvalue weighted by Crippen LogP contribution is 2.05. The monoisotopic (exact) mass is 264 g/mol. The molecule has 0 aliphatic carbocycles. The van der Waals surface area contributed by atoms with Crippen molar-refractivity contribution in [2.45, 2.75) is 39.4 Å². The van der Waals surface area contributed by atoms with Gasteiger partial charge in [-0.3, -0.25) is 0 Å². The first-order chi connectivity index (χ1) is 8.90. The van der Waals surface area contributed by atoms with E-state index >= 15 is 0 Å². The summed E-state index contributed by atoms with van der Waals surface area (Å²) in [4.78, 5) is 13.0. The van der Waals surface area contributed by atoms with E-state index in [2.05, 4.69) is 38.0 Å². The van der Waals surface area contributed by atoms with Crippen molar-refractivity contribution in [2.75, 3.05) is 13.6 Å². The SMILES string of the molecule is CC(C)N(C)C[C@@H](C)NCc1ccc(C(=O)O)cc1. The van der Waals surface area contributed by atoms with Crippen LogP contribution in [0.15, 0.2) is 24.3 Å². The summed E-state index contributed by atoms with van der Waals surface area (Å²) in [5.74, 6) is -0.883. The fraction of sp³-hybridized carbons (Fsp3) is 0.533. The van der Waals surface area contributed by atoms with E-state index in [0.717, 1.165) is 18.7 Å². The lowest BCUT2D eigenvalue weighted by atomic mass is 10.1. The molecule has 19 heavy (non-hydrogen) atoms. The fourth-order valence-corrected chi connectivity index (χ4v) is 1.76. The van der Waals surface area contributed by atoms with E-state index in [-0.39, 0.29) is 0 Å². The predicted octanol–water partition coefficient (Wildman–Crippen LogP) is 2.20. The summed E-state index contributed by atoms with van der Waals surface area (Å²) in [5.41, 5.74) is 1.43. The van der Waals surface area contributed by atoms with Crippen LogP contribution in [0.5, 0.6) is 0 Å². The minimum absolute atomic E-state index is 0.330. The predicted molar refractivity (Wildman–Crippen MR) is 77.5 cm³/mol. The van der Waals surface area contributed by atoms with E-state index in [9.17, 15) is 4.79 Å². The molecule has 4 heteroatoms. The van der Waals surface area contributed by atoms with Crippen molar-refractivity contribution in [2.24, 2.45) is 0 Å². The van der Waals surface area contributed by atoms with Crippen LogP contribution in [0, 0.1) is 0 Å². The summed E-state index contributed by atoms with van der Waals surface area (Å²) in [7, 11) is 2.12. The number of nitrogens with one attached hydrogen (secondary N) is 1. The van der Waals surface area contributed by atoms with Gasteiger partial charge in [-0.1, -0.05) is 12.1 Å². The van der Waals surface area contributed by atoms with Gasteiger partial charge in [-0.25, -0.2) is 4.79 Å². The maximum Gasteiger partial charge on any atom is 0.335 e. The minimum Gasteiger partial charge on any atom is -0.478 e. The van der Waals surface area contributed by atoms with Gasteiger partial charge in [-0.15, -0.1) is 0 Å². The van der Waals surface area contributed by atoms with Gasteiger partial charge in [0.15, 0.2) is 0 Å². The van der Waals surface area contributed by atoms with Crippen LogP contribution >= 0.6 is 0 Å². The summed E-state index contributed by atoms with van der Waals surface area (Å²) in [5, 5.41) is 12.3. The molecular weight excluding hydrogens is 240 g/mol. The van der Waals surface area contributed by atoms with Crippen LogP contribution < -0.4 is 5.32 Å². The molecule has 1 atom stereocenters. The van der Waals surface area contributed by atoms with Crippen LogP contribution in [0.2, 0.25) is 0 Å². The lowest BCUT2D eigenvalue weighted by Crippen LogP contribution is -2.39. The number of likely N-dealkylation sites (N-methyl/N-ethyl adjacent to an activating group) is 1. The van der Waals surface area contributed by atoms with Gasteiger partial charge in [0, 0.05) is 25.2 Å². The second kappa shape index (κ2) is 7.26. The van der Waals surface area contributed by atoms with Crippen molar-refractivity contribution in [1.29, 1.82) is 0 Å². The Hall–Kier alpha value is -1.39. The first kappa shape index (κ1) is 15.7. The van der Waals surface area contributed by atoms with Crippen LogP contribution in [-0.2, 0) is 6.54 Å². The van der Waals surface area contributed by atoms with Crippen molar-refractivity contribution in [3.63, 3.8) is 0 Å². The Labute approximate surface area is 115 Å². The largest absolute Gasteiger partial charge is 0.478 e. The molecule has 0 aromatic heterocycles. The lowest BCUT2D eigenvalue weighted by molar-refractivity contribution is 0.0697. The van der Waals surface area contributed by atoms with Crippen LogP contribution in [-0.4, -0.2) is 41.7 Å². The van der Waals surface area contributed by atoms with Crippen molar-refractivity contribution < 1.29 is 9.90 Å². The van der Waals surface area contributed by atoms with E-state index < -0.39 is 5.97 Å². The second-order valence-electron chi connectivity index (χ2n) is 5.32. The fourth-order valence-electron chi connectivity index (χ4n) is 1.76. The molecular formula is C15H24N2O2. The summed E-state index contributed by atoms with van der Waals surface area (Å²) >= 11 is 0. The highest BCUT2D eigenvalue weighted by Gasteiger charge is 2.08. The average molecular weight is 264 g/mol. The van der Waals surface area contributed by atoms with Crippen LogP contribution in [0.4, 0.5) is 0 Å². The van der Waals surface area contributed by atoms with Crippen molar-refractivity contribution >= 4 is 5.97 Å². The molecule has 0 amide bonds. The number of hydrogen-bond donors (Lipinski definition) is 2. The number of nitrogens with zero attached hydrogens (tertiary/aromatic N) is 1. The van der Waals surface area contributed by atoms with Gasteiger partial charge in [0.05, 0.1) is 5.56 Å². The van der Waals surface area contributed by atoms with E-state index in [0.29, 0.717) is 17.6 Å². The van der Waals surface area contributed by atoms with Gasteiger partial charge >= 0.3 is 5.97 Å². The van der Waals surface area contributed by atoms with Crippen molar-refractivity contribution in [3.05, 3.63) is 35.4 Å². The summed E-state index contributed by atoms with van der Waals surface area (Å²) in [6, 6.07) is 7.93. The third kappa shape index (κ3) is 5.41. The van der Waals surface area contributed by atoms with Gasteiger partial charge in [-0.2, -0.15) is 0 Å². The Morgan fingerprint density at radius 2 is 1.84 bits per heavy atom. The maximum absolute atomic E-state index is 10.7. The highest BCUT2D eigenvalue weighted by atomic mass is 16.4. The molecule has 1 rings (SSSR count). The smallest absolute Gasteiger partial charge is 0.335 e. The first-order valence-electron chi connectivity index (χ1n) is 6.66. The zero-order valence-corrected chi connectivity index (χ0v) is 12.2. The van der Waals surface area contributed by atoms with Gasteiger partial charge in [0.2, 0.25) is 0 Å². The number of carboxylic acid groups (broad SMARTS) is 1. The molecule has 106 valence electrons. The van der Waals surface area contributed by atoms with Crippen LogP contribution in [0.25, 0.3) is 0 Å². The Bertz CT molecular complexity index is 401. The molecule has 0 spiro atoms. The highest BCUT2D eigenvalue weighted by molar-refractivity contribution is 5.87. The van der Waals surface area contributed by atoms with Gasteiger partial charge in [0.25, 0.3) is 0 Å². The quantitative estimate of drug-likeness (QED) is 0.793. The number of carbonyl (C=O) groups is 1. The molecule has 0 radical (unpaired) electrons. The van der Waals surface area contributed by atoms with Crippen LogP contribution in [0.3, 0.4) is 0 Å². The Kier molecular flexibility index (Phi) is 5.99. The molecule has 0 saturated carbocycles. The van der Waals surface area contributed by atoms with E-state index in [4.69, 9.17) is 5.11 Å². The normalized spacial score (nSPS) is 12.9. The molecule has 0 bridgehead atoms. The zero-order valence-electron chi connectivity index (χ0n) is 12.2. The molecule has 0 saturated heterocycles. The first-order valence-corrected chi connectivity index (χ1v) is 6.66. The lowest BCUT2D eigenvalue weighted by Gasteiger charge is -2.25. The molecule has 0 unspecified atom stereocenters. The Morgan fingerprint density at radius 3 is 2.32 bits per heavy atom. The number of rotatable bonds is 7. The van der Waals surface area contributed by atoms with E-state index in [1.807, 2.05) is 12.1 Å². The summed E-state index contributed by atoms with van der Waals surface area (Å²) in [6.07, 6.45) is 0. The molecule has 0 aliphatic heterocycles. The molecule has 1 aromatic rings. The standard InChI is InChI=1S/C15H24N2O2/c1-11(2)17(4)10-12(3)16-9-13-5-7-14(8-6-13)15(18)19/h5-8,11-12,16H,9-10H2,1-4H3,(H,18,19)/t12-/m1/s1. The average Bonchev–Trinajstić information content (AvgIpc) is 2.36.